The summed E-state index contributed by atoms with van der Waals surface area (Å²) in [5.74, 6) is -2.43. The zero-order chi connectivity index (χ0) is 13.9. The first-order valence-corrected chi connectivity index (χ1v) is 4.87. The summed E-state index contributed by atoms with van der Waals surface area (Å²) in [6, 6.07) is 0. The number of carbonyl (C=O) groups excluding carboxylic acids is 1. The van der Waals surface area contributed by atoms with Crippen LogP contribution in [0, 0.1) is 6.92 Å². The van der Waals surface area contributed by atoms with Crippen molar-refractivity contribution in [3.05, 3.63) is 17.5 Å². The molecule has 100 valence electrons. The van der Waals surface area contributed by atoms with Crippen molar-refractivity contribution in [2.75, 3.05) is 6.61 Å². The Morgan fingerprint density at radius 1 is 1.50 bits per heavy atom. The lowest BCUT2D eigenvalue weighted by Gasteiger charge is -2.14. The van der Waals surface area contributed by atoms with E-state index in [1.807, 2.05) is 0 Å². The number of rotatable bonds is 3. The number of aromatic nitrogens is 1. The van der Waals surface area contributed by atoms with Crippen molar-refractivity contribution in [2.45, 2.75) is 20.2 Å². The standard InChI is InChI=1S/C10H10F3NO4/c1-3-17-9(16)7-8(18-10(11,12)13)5(2)6(15)4-14-7/h4,15H,3H2,1-2H3. The number of hydrogen-bond acceptors (Lipinski definition) is 5. The number of ether oxygens (including phenoxy) is 2. The van der Waals surface area contributed by atoms with E-state index < -0.39 is 29.5 Å². The summed E-state index contributed by atoms with van der Waals surface area (Å²) in [7, 11) is 0. The van der Waals surface area contributed by atoms with Gasteiger partial charge in [-0.3, -0.25) is 0 Å². The average molecular weight is 265 g/mol. The molecular weight excluding hydrogens is 255 g/mol. The number of aromatic hydroxyl groups is 1. The van der Waals surface area contributed by atoms with Gasteiger partial charge in [0.05, 0.1) is 12.8 Å². The second kappa shape index (κ2) is 5.11. The van der Waals surface area contributed by atoms with E-state index in [9.17, 15) is 23.1 Å². The Morgan fingerprint density at radius 3 is 2.61 bits per heavy atom. The highest BCUT2D eigenvalue weighted by atomic mass is 19.4. The molecule has 0 atom stereocenters. The predicted molar refractivity (Wildman–Crippen MR) is 53.3 cm³/mol. The molecule has 1 heterocycles. The fourth-order valence-electron chi connectivity index (χ4n) is 1.16. The number of halogens is 3. The Hall–Kier alpha value is -1.99. The van der Waals surface area contributed by atoms with E-state index >= 15 is 0 Å². The van der Waals surface area contributed by atoms with Crippen LogP contribution in [0.15, 0.2) is 6.20 Å². The summed E-state index contributed by atoms with van der Waals surface area (Å²) in [5, 5.41) is 9.27. The van der Waals surface area contributed by atoms with Crippen molar-refractivity contribution >= 4 is 5.97 Å². The molecular formula is C10H10F3NO4. The summed E-state index contributed by atoms with van der Waals surface area (Å²) >= 11 is 0. The Balaban J connectivity index is 3.25. The minimum atomic E-state index is -5.00. The Bertz CT molecular complexity index is 459. The summed E-state index contributed by atoms with van der Waals surface area (Å²) < 4.78 is 44.8. The van der Waals surface area contributed by atoms with Crippen LogP contribution >= 0.6 is 0 Å². The number of alkyl halides is 3. The van der Waals surface area contributed by atoms with Gasteiger partial charge in [0, 0.05) is 5.56 Å². The predicted octanol–water partition coefficient (Wildman–Crippen LogP) is 2.17. The van der Waals surface area contributed by atoms with E-state index in [2.05, 4.69) is 14.5 Å². The summed E-state index contributed by atoms with van der Waals surface area (Å²) in [5.41, 5.74) is -0.880. The van der Waals surface area contributed by atoms with Gasteiger partial charge < -0.3 is 14.6 Å². The fourth-order valence-corrected chi connectivity index (χ4v) is 1.16. The normalized spacial score (nSPS) is 11.2. The molecule has 0 aliphatic rings. The van der Waals surface area contributed by atoms with E-state index in [0.29, 0.717) is 0 Å². The molecule has 5 nitrogen and oxygen atoms in total. The van der Waals surface area contributed by atoms with Gasteiger partial charge in [0.2, 0.25) is 0 Å². The van der Waals surface area contributed by atoms with Crippen LogP contribution in [-0.2, 0) is 4.74 Å². The fraction of sp³-hybridized carbons (Fsp3) is 0.400. The van der Waals surface area contributed by atoms with Crippen LogP contribution < -0.4 is 4.74 Å². The zero-order valence-corrected chi connectivity index (χ0v) is 9.54. The first-order valence-electron chi connectivity index (χ1n) is 4.87. The van der Waals surface area contributed by atoms with Crippen LogP contribution in [0.2, 0.25) is 0 Å². The molecule has 0 saturated carbocycles. The minimum absolute atomic E-state index is 0.0219. The third kappa shape index (κ3) is 3.25. The number of hydrogen-bond donors (Lipinski definition) is 1. The molecule has 1 aromatic heterocycles. The third-order valence-corrected chi connectivity index (χ3v) is 1.94. The van der Waals surface area contributed by atoms with E-state index in [4.69, 9.17) is 0 Å². The highest BCUT2D eigenvalue weighted by Gasteiger charge is 2.35. The molecule has 1 rings (SSSR count). The van der Waals surface area contributed by atoms with Crippen molar-refractivity contribution < 1.29 is 32.5 Å². The Morgan fingerprint density at radius 2 is 2.11 bits per heavy atom. The monoisotopic (exact) mass is 265 g/mol. The first kappa shape index (κ1) is 14.1. The SMILES string of the molecule is CCOC(=O)c1ncc(O)c(C)c1OC(F)(F)F. The molecule has 0 aliphatic heterocycles. The van der Waals surface area contributed by atoms with Crippen molar-refractivity contribution in [1.82, 2.24) is 4.98 Å². The van der Waals surface area contributed by atoms with Crippen molar-refractivity contribution in [3.63, 3.8) is 0 Å². The molecule has 0 amide bonds. The molecule has 0 aromatic carbocycles. The molecule has 0 unspecified atom stereocenters. The quantitative estimate of drug-likeness (QED) is 0.848. The van der Waals surface area contributed by atoms with Crippen LogP contribution in [-0.4, -0.2) is 29.0 Å². The van der Waals surface area contributed by atoms with Crippen LogP contribution in [0.3, 0.4) is 0 Å². The molecule has 8 heteroatoms. The summed E-state index contributed by atoms with van der Waals surface area (Å²) in [4.78, 5) is 14.8. The van der Waals surface area contributed by atoms with Crippen molar-refractivity contribution in [3.8, 4) is 11.5 Å². The van der Waals surface area contributed by atoms with Gasteiger partial charge in [-0.1, -0.05) is 0 Å². The molecule has 1 aromatic rings. The molecule has 1 N–H and O–H groups in total. The molecule has 0 aliphatic carbocycles. The van der Waals surface area contributed by atoms with Crippen LogP contribution in [0.4, 0.5) is 13.2 Å². The molecule has 0 fully saturated rings. The molecule has 0 bridgehead atoms. The highest BCUT2D eigenvalue weighted by molar-refractivity contribution is 5.91. The highest BCUT2D eigenvalue weighted by Crippen LogP contribution is 2.33. The van der Waals surface area contributed by atoms with E-state index in [1.54, 1.807) is 0 Å². The van der Waals surface area contributed by atoms with Gasteiger partial charge in [0.25, 0.3) is 0 Å². The molecule has 18 heavy (non-hydrogen) atoms. The zero-order valence-electron chi connectivity index (χ0n) is 9.54. The van der Waals surface area contributed by atoms with Gasteiger partial charge in [-0.25, -0.2) is 9.78 Å². The van der Waals surface area contributed by atoms with E-state index in [-0.39, 0.29) is 12.2 Å². The van der Waals surface area contributed by atoms with Crippen LogP contribution in [0.25, 0.3) is 0 Å². The molecule has 0 spiro atoms. The largest absolute Gasteiger partial charge is 0.573 e. The number of carbonyl (C=O) groups is 1. The maximum atomic E-state index is 12.2. The smallest absolute Gasteiger partial charge is 0.506 e. The molecule has 0 radical (unpaired) electrons. The van der Waals surface area contributed by atoms with Gasteiger partial charge in [-0.05, 0) is 13.8 Å². The maximum absolute atomic E-state index is 12.2. The van der Waals surface area contributed by atoms with Gasteiger partial charge in [-0.15, -0.1) is 13.2 Å². The second-order valence-electron chi connectivity index (χ2n) is 3.21. The van der Waals surface area contributed by atoms with Crippen molar-refractivity contribution in [1.29, 1.82) is 0 Å². The lowest BCUT2D eigenvalue weighted by Crippen LogP contribution is -2.21. The Kier molecular flexibility index (Phi) is 4.00. The maximum Gasteiger partial charge on any atom is 0.573 e. The Labute approximate surface area is 100 Å². The first-order chi connectivity index (χ1) is 8.26. The second-order valence-corrected chi connectivity index (χ2v) is 3.21. The average Bonchev–Trinajstić information content (AvgIpc) is 2.23. The molecule has 0 saturated heterocycles. The lowest BCUT2D eigenvalue weighted by molar-refractivity contribution is -0.275. The van der Waals surface area contributed by atoms with Crippen LogP contribution in [0.1, 0.15) is 23.0 Å². The van der Waals surface area contributed by atoms with E-state index in [0.717, 1.165) is 6.20 Å². The van der Waals surface area contributed by atoms with Gasteiger partial charge in [0.15, 0.2) is 11.4 Å². The summed E-state index contributed by atoms with van der Waals surface area (Å²) in [6.45, 7) is 2.64. The van der Waals surface area contributed by atoms with Crippen molar-refractivity contribution in [2.24, 2.45) is 0 Å². The number of esters is 1. The van der Waals surface area contributed by atoms with E-state index in [1.165, 1.54) is 13.8 Å². The summed E-state index contributed by atoms with van der Waals surface area (Å²) in [6.07, 6.45) is -4.15. The van der Waals surface area contributed by atoms with Gasteiger partial charge >= 0.3 is 12.3 Å². The minimum Gasteiger partial charge on any atom is -0.506 e. The third-order valence-electron chi connectivity index (χ3n) is 1.94. The number of pyridine rings is 1. The topological polar surface area (TPSA) is 68.7 Å². The number of nitrogens with zero attached hydrogens (tertiary/aromatic N) is 1. The van der Waals surface area contributed by atoms with Crippen LogP contribution in [0.5, 0.6) is 11.5 Å². The van der Waals surface area contributed by atoms with Gasteiger partial charge in [-0.2, -0.15) is 0 Å². The van der Waals surface area contributed by atoms with Gasteiger partial charge in [0.1, 0.15) is 5.75 Å². The lowest BCUT2D eigenvalue weighted by atomic mass is 10.2.